The molecular weight excluding hydrogens is 618 g/mol. The van der Waals surface area contributed by atoms with Crippen LogP contribution in [0.2, 0.25) is 5.02 Å². The van der Waals surface area contributed by atoms with Crippen molar-refractivity contribution < 1.29 is 19.1 Å². The highest BCUT2D eigenvalue weighted by Gasteiger charge is 2.69. The van der Waals surface area contributed by atoms with Crippen LogP contribution in [0.25, 0.3) is 0 Å². The smallest absolute Gasteiger partial charge is 0.305 e. The predicted octanol–water partition coefficient (Wildman–Crippen LogP) is 5.79. The Kier molecular flexibility index (Phi) is 6.69. The van der Waals surface area contributed by atoms with Gasteiger partial charge < -0.3 is 15.0 Å². The molecule has 8 rings (SSSR count). The van der Waals surface area contributed by atoms with Gasteiger partial charge in [0.2, 0.25) is 11.8 Å². The molecule has 3 fully saturated rings. The molecule has 44 heavy (non-hydrogen) atoms. The van der Waals surface area contributed by atoms with Gasteiger partial charge in [-0.15, -0.1) is 11.8 Å². The van der Waals surface area contributed by atoms with Crippen molar-refractivity contribution in [3.63, 3.8) is 0 Å². The zero-order valence-electron chi connectivity index (χ0n) is 23.1. The number of imide groups is 1. The quantitative estimate of drug-likeness (QED) is 0.258. The summed E-state index contributed by atoms with van der Waals surface area (Å²) in [6, 6.07) is 23.6. The molecule has 2 saturated carbocycles. The molecule has 222 valence electrons. The first-order valence-electron chi connectivity index (χ1n) is 14.5. The van der Waals surface area contributed by atoms with Gasteiger partial charge >= 0.3 is 4.87 Å². The number of carbonyl (C=O) groups excluding carboxylic acids is 3. The number of benzene rings is 3. The normalized spacial score (nSPS) is 28.0. The minimum atomic E-state index is -0.396. The molecule has 11 heteroatoms. The molecule has 3 heterocycles. The zero-order valence-corrected chi connectivity index (χ0v) is 25.5. The number of para-hydroxylation sites is 2. The van der Waals surface area contributed by atoms with Crippen LogP contribution in [0.3, 0.4) is 0 Å². The molecule has 2 aliphatic carbocycles. The number of rotatable bonds is 6. The molecule has 8 nitrogen and oxygen atoms in total. The van der Waals surface area contributed by atoms with Crippen LogP contribution in [0.5, 0.6) is 5.75 Å². The Morgan fingerprint density at radius 3 is 2.41 bits per heavy atom. The number of nitrogens with one attached hydrogen (secondary N) is 2. The Balaban J connectivity index is 1.12. The Hall–Kier alpha value is -3.86. The molecule has 2 N–H and O–H groups in total. The molecule has 3 amide bonds. The predicted molar refractivity (Wildman–Crippen MR) is 169 cm³/mol. The maximum atomic E-state index is 13.9. The van der Waals surface area contributed by atoms with E-state index in [1.165, 1.54) is 16.2 Å². The maximum Gasteiger partial charge on any atom is 0.305 e. The van der Waals surface area contributed by atoms with Crippen LogP contribution in [0, 0.1) is 29.6 Å². The number of fused-ring (bicyclic) bond motifs is 9. The second-order valence-electron chi connectivity index (χ2n) is 11.7. The molecule has 4 aromatic rings. The molecule has 0 spiro atoms. The van der Waals surface area contributed by atoms with Crippen LogP contribution in [0.1, 0.15) is 22.8 Å². The van der Waals surface area contributed by atoms with Gasteiger partial charge in [0, 0.05) is 32.3 Å². The number of aromatic nitrogens is 1. The fourth-order valence-corrected chi connectivity index (χ4v) is 10.9. The lowest BCUT2D eigenvalue weighted by molar-refractivity contribution is -0.123. The second-order valence-corrected chi connectivity index (χ2v) is 14.3. The molecule has 1 saturated heterocycles. The third-order valence-corrected chi connectivity index (χ3v) is 12.3. The van der Waals surface area contributed by atoms with Crippen molar-refractivity contribution in [3.05, 3.63) is 104 Å². The van der Waals surface area contributed by atoms with Gasteiger partial charge in [0.1, 0.15) is 5.75 Å². The van der Waals surface area contributed by atoms with Gasteiger partial charge in [-0.3, -0.25) is 24.1 Å². The monoisotopic (exact) mass is 643 g/mol. The number of H-pyrrole nitrogens is 1. The van der Waals surface area contributed by atoms with Crippen molar-refractivity contribution in [3.8, 4) is 5.75 Å². The summed E-state index contributed by atoms with van der Waals surface area (Å²) in [4.78, 5) is 58.4. The lowest BCUT2D eigenvalue weighted by Crippen LogP contribution is -2.42. The number of hydrogen-bond acceptors (Lipinski definition) is 7. The van der Waals surface area contributed by atoms with Gasteiger partial charge in [0.25, 0.3) is 5.91 Å². The van der Waals surface area contributed by atoms with E-state index in [0.717, 1.165) is 21.9 Å². The molecule has 7 atom stereocenters. The summed E-state index contributed by atoms with van der Waals surface area (Å²) in [6.07, 6.45) is 0.792. The van der Waals surface area contributed by atoms with E-state index in [2.05, 4.69) is 10.3 Å². The Labute approximate surface area is 265 Å². The summed E-state index contributed by atoms with van der Waals surface area (Å²) >= 11 is 8.80. The molecule has 2 aliphatic heterocycles. The first kappa shape index (κ1) is 27.7. The average Bonchev–Trinajstić information content (AvgIpc) is 3.76. The number of thioether (sulfide) groups is 1. The molecule has 0 radical (unpaired) electrons. The van der Waals surface area contributed by atoms with E-state index in [0.29, 0.717) is 22.1 Å². The van der Waals surface area contributed by atoms with E-state index in [9.17, 15) is 19.2 Å². The van der Waals surface area contributed by atoms with Gasteiger partial charge in [0.15, 0.2) is 6.61 Å². The number of nitrogens with zero attached hydrogens (tertiary/aromatic N) is 1. The lowest BCUT2D eigenvalue weighted by atomic mass is 9.68. The first-order valence-corrected chi connectivity index (χ1v) is 16.6. The number of thiazole rings is 1. The van der Waals surface area contributed by atoms with E-state index in [1.54, 1.807) is 36.0 Å². The molecule has 6 unspecified atom stereocenters. The van der Waals surface area contributed by atoms with Crippen molar-refractivity contribution in [2.75, 3.05) is 16.8 Å². The minimum absolute atomic E-state index is 0.0162. The van der Waals surface area contributed by atoms with E-state index in [1.807, 2.05) is 54.6 Å². The number of hydrogen-bond donors (Lipinski definition) is 2. The summed E-state index contributed by atoms with van der Waals surface area (Å²) in [5.41, 5.74) is 2.10. The van der Waals surface area contributed by atoms with Gasteiger partial charge in [0.05, 0.1) is 22.5 Å². The highest BCUT2D eigenvalue weighted by molar-refractivity contribution is 8.00. The molecule has 2 bridgehead atoms. The number of amides is 3. The van der Waals surface area contributed by atoms with Gasteiger partial charge in [-0.05, 0) is 66.6 Å². The highest BCUT2D eigenvalue weighted by atomic mass is 35.5. The summed E-state index contributed by atoms with van der Waals surface area (Å²) in [5.74, 6) is -0.973. The van der Waals surface area contributed by atoms with Crippen molar-refractivity contribution in [1.82, 2.24) is 4.98 Å². The summed E-state index contributed by atoms with van der Waals surface area (Å²) in [7, 11) is 0. The third-order valence-electron chi connectivity index (χ3n) is 9.48. The SMILES string of the molecule is O=C(COc1ccccc1[C@H]1c2sc(=O)[nH]c2SC2C3CC(C4C(=O)N(c5ccccc5)C(=O)C34)C21)Nc1ccc(Cl)cc1. The number of aromatic amines is 1. The van der Waals surface area contributed by atoms with E-state index >= 15 is 0 Å². The van der Waals surface area contributed by atoms with Crippen LogP contribution in [0.15, 0.2) is 88.7 Å². The van der Waals surface area contributed by atoms with Gasteiger partial charge in [-0.25, -0.2) is 0 Å². The average molecular weight is 644 g/mol. The molecule has 3 aromatic carbocycles. The van der Waals surface area contributed by atoms with Crippen molar-refractivity contribution in [2.24, 2.45) is 29.6 Å². The van der Waals surface area contributed by atoms with Crippen LogP contribution >= 0.6 is 34.7 Å². The Morgan fingerprint density at radius 2 is 1.64 bits per heavy atom. The summed E-state index contributed by atoms with van der Waals surface area (Å²) in [5, 5.41) is 4.27. The van der Waals surface area contributed by atoms with E-state index in [4.69, 9.17) is 16.3 Å². The number of ether oxygens (including phenoxy) is 1. The van der Waals surface area contributed by atoms with Crippen LogP contribution in [-0.4, -0.2) is 34.6 Å². The van der Waals surface area contributed by atoms with Crippen molar-refractivity contribution >= 4 is 63.8 Å². The second kappa shape index (κ2) is 10.6. The standard InChI is InChI=1S/C33H26ClN3O5S2/c34-16-10-12-17(13-11-16)35-23(38)15-42-22-9-5-4-8-19(22)24-25-20-14-21(28(25)43-30-29(24)44-33(41)36-30)27-26(20)31(39)37(32(27)40)18-6-2-1-3-7-18/h1-13,20-21,24-28H,14-15H2,(H,35,38)(H,36,41)/t20?,21?,24-,25?,26?,27?,28?/m1/s1. The minimum Gasteiger partial charge on any atom is -0.483 e. The fraction of sp³-hybridized carbons (Fsp3) is 0.273. The van der Waals surface area contributed by atoms with Gasteiger partial charge in [-0.2, -0.15) is 0 Å². The zero-order chi connectivity index (χ0) is 30.1. The first-order chi connectivity index (χ1) is 21.4. The van der Waals surface area contributed by atoms with E-state index < -0.39 is 5.92 Å². The topological polar surface area (TPSA) is 109 Å². The molecule has 4 aliphatic rings. The highest BCUT2D eigenvalue weighted by Crippen LogP contribution is 2.69. The molecular formula is C33H26ClN3O5S2. The maximum absolute atomic E-state index is 13.9. The fourth-order valence-electron chi connectivity index (χ4n) is 7.94. The number of carbonyl (C=O) groups is 3. The van der Waals surface area contributed by atoms with Crippen LogP contribution in [0.4, 0.5) is 11.4 Å². The number of halogens is 1. The Morgan fingerprint density at radius 1 is 0.932 bits per heavy atom. The largest absolute Gasteiger partial charge is 0.483 e. The summed E-state index contributed by atoms with van der Waals surface area (Å²) < 4.78 is 6.14. The third kappa shape index (κ3) is 4.34. The van der Waals surface area contributed by atoms with Crippen LogP contribution in [-0.2, 0) is 14.4 Å². The van der Waals surface area contributed by atoms with Gasteiger partial charge in [-0.1, -0.05) is 59.3 Å². The van der Waals surface area contributed by atoms with E-state index in [-0.39, 0.29) is 64.0 Å². The number of anilines is 2. The molecule has 1 aromatic heterocycles. The van der Waals surface area contributed by atoms with Crippen molar-refractivity contribution in [1.29, 1.82) is 0 Å². The Bertz CT molecular complexity index is 1860. The lowest BCUT2D eigenvalue weighted by Gasteiger charge is -2.43. The van der Waals surface area contributed by atoms with Crippen LogP contribution < -0.4 is 19.8 Å². The van der Waals surface area contributed by atoms with Crippen molar-refractivity contribution in [2.45, 2.75) is 22.6 Å². The summed E-state index contributed by atoms with van der Waals surface area (Å²) in [6.45, 7) is -0.207.